The Morgan fingerprint density at radius 2 is 2.58 bits per heavy atom. The first-order valence-electron chi connectivity index (χ1n) is 3.93. The fraction of sp³-hybridized carbons (Fsp3) is 0.500. The largest absolute Gasteiger partial charge is 0.325 e. The van der Waals surface area contributed by atoms with Crippen molar-refractivity contribution in [3.05, 3.63) is 18.2 Å². The van der Waals surface area contributed by atoms with Crippen LogP contribution in [0.25, 0.3) is 0 Å². The molecule has 0 aliphatic rings. The van der Waals surface area contributed by atoms with Gasteiger partial charge in [-0.3, -0.25) is 0 Å². The van der Waals surface area contributed by atoms with Gasteiger partial charge in [0.05, 0.1) is 18.1 Å². The van der Waals surface area contributed by atoms with Crippen LogP contribution >= 0.6 is 0 Å². The van der Waals surface area contributed by atoms with Crippen LogP contribution in [0.5, 0.6) is 0 Å². The van der Waals surface area contributed by atoms with Crippen LogP contribution in [0.15, 0.2) is 12.5 Å². The molecule has 4 nitrogen and oxygen atoms in total. The van der Waals surface area contributed by atoms with Crippen molar-refractivity contribution in [1.82, 2.24) is 9.55 Å². The van der Waals surface area contributed by atoms with Gasteiger partial charge in [-0.25, -0.2) is 4.98 Å². The second-order valence-corrected chi connectivity index (χ2v) is 2.57. The topological polar surface area (TPSA) is 67.6 Å². The molecule has 1 atom stereocenters. The predicted molar refractivity (Wildman–Crippen MR) is 45.1 cm³/mol. The first-order chi connectivity index (χ1) is 5.81. The van der Waals surface area contributed by atoms with Crippen LogP contribution < -0.4 is 5.73 Å². The maximum absolute atomic E-state index is 8.73. The van der Waals surface area contributed by atoms with E-state index in [4.69, 9.17) is 11.0 Å². The van der Waals surface area contributed by atoms with Crippen LogP contribution in [0.4, 0.5) is 0 Å². The number of nitrogens with two attached hydrogens (primary N) is 1. The van der Waals surface area contributed by atoms with Crippen molar-refractivity contribution in [2.45, 2.75) is 25.9 Å². The van der Waals surface area contributed by atoms with E-state index in [1.54, 1.807) is 10.9 Å². The summed E-state index contributed by atoms with van der Waals surface area (Å²) in [6.07, 6.45) is 4.26. The molecule has 0 aliphatic carbocycles. The lowest BCUT2D eigenvalue weighted by Gasteiger charge is -2.05. The number of rotatable bonds is 3. The Labute approximate surface area is 71.6 Å². The number of nitriles is 1. The molecule has 0 amide bonds. The molecule has 4 heteroatoms. The molecule has 0 saturated carbocycles. The maximum atomic E-state index is 8.73. The molecule has 0 saturated heterocycles. The van der Waals surface area contributed by atoms with Crippen molar-refractivity contribution in [2.75, 3.05) is 0 Å². The Hall–Kier alpha value is -1.34. The summed E-state index contributed by atoms with van der Waals surface area (Å²) in [6.45, 7) is 2.39. The number of nitrogens with zero attached hydrogens (tertiary/aromatic N) is 3. The molecule has 0 radical (unpaired) electrons. The summed E-state index contributed by atoms with van der Waals surface area (Å²) in [5.41, 5.74) is 6.21. The number of aromatic nitrogens is 2. The van der Waals surface area contributed by atoms with E-state index in [1.807, 2.05) is 13.1 Å². The summed E-state index contributed by atoms with van der Waals surface area (Å²) < 4.78 is 1.79. The monoisotopic (exact) mass is 164 g/mol. The molecule has 0 fully saturated rings. The van der Waals surface area contributed by atoms with Gasteiger partial charge in [0.1, 0.15) is 6.04 Å². The molecule has 0 aliphatic heterocycles. The molecule has 1 heterocycles. The van der Waals surface area contributed by atoms with E-state index >= 15 is 0 Å². The predicted octanol–water partition coefficient (Wildman–Crippen LogP) is 0.816. The summed E-state index contributed by atoms with van der Waals surface area (Å²) in [5.74, 6) is 0. The summed E-state index contributed by atoms with van der Waals surface area (Å²) in [4.78, 5) is 4.04. The lowest BCUT2D eigenvalue weighted by molar-refractivity contribution is 0.596. The van der Waals surface area contributed by atoms with Gasteiger partial charge in [-0.05, 0) is 6.42 Å². The van der Waals surface area contributed by atoms with Crippen molar-refractivity contribution < 1.29 is 0 Å². The van der Waals surface area contributed by atoms with Crippen LogP contribution in [0.1, 0.15) is 25.1 Å². The van der Waals surface area contributed by atoms with Crippen molar-refractivity contribution in [2.24, 2.45) is 5.73 Å². The van der Waals surface area contributed by atoms with Gasteiger partial charge >= 0.3 is 0 Å². The zero-order chi connectivity index (χ0) is 8.97. The minimum atomic E-state index is -0.113. The first-order valence-corrected chi connectivity index (χ1v) is 3.93. The molecule has 0 bridgehead atoms. The molecule has 1 rings (SSSR count). The minimum Gasteiger partial charge on any atom is -0.325 e. The minimum absolute atomic E-state index is 0.113. The Morgan fingerprint density at radius 1 is 1.83 bits per heavy atom. The second kappa shape index (κ2) is 3.88. The van der Waals surface area contributed by atoms with Gasteiger partial charge in [0.15, 0.2) is 0 Å². The average molecular weight is 164 g/mol. The van der Waals surface area contributed by atoms with Gasteiger partial charge in [-0.2, -0.15) is 5.26 Å². The lowest BCUT2D eigenvalue weighted by Crippen LogP contribution is -2.02. The number of imidazole rings is 1. The van der Waals surface area contributed by atoms with E-state index in [0.29, 0.717) is 6.54 Å². The Kier molecular flexibility index (Phi) is 2.83. The Morgan fingerprint density at radius 3 is 3.00 bits per heavy atom. The van der Waals surface area contributed by atoms with E-state index in [9.17, 15) is 0 Å². The average Bonchev–Trinajstić information content (AvgIpc) is 2.55. The number of hydrogen-bond donors (Lipinski definition) is 1. The van der Waals surface area contributed by atoms with E-state index < -0.39 is 0 Å². The van der Waals surface area contributed by atoms with Crippen molar-refractivity contribution >= 4 is 0 Å². The molecular formula is C8H12N4. The van der Waals surface area contributed by atoms with Crippen LogP contribution in [-0.2, 0) is 6.54 Å². The second-order valence-electron chi connectivity index (χ2n) is 2.57. The molecule has 1 unspecified atom stereocenters. The highest BCUT2D eigenvalue weighted by atomic mass is 15.1. The third-order valence-corrected chi connectivity index (χ3v) is 1.76. The van der Waals surface area contributed by atoms with Gasteiger partial charge in [0.25, 0.3) is 0 Å². The highest BCUT2D eigenvalue weighted by Crippen LogP contribution is 2.09. The highest BCUT2D eigenvalue weighted by molar-refractivity contribution is 5.00. The number of hydrogen-bond acceptors (Lipinski definition) is 3. The van der Waals surface area contributed by atoms with Gasteiger partial charge in [0, 0.05) is 12.7 Å². The Balaban J connectivity index is 2.81. The van der Waals surface area contributed by atoms with Gasteiger partial charge in [-0.15, -0.1) is 0 Å². The quantitative estimate of drug-likeness (QED) is 0.719. The third-order valence-electron chi connectivity index (χ3n) is 1.76. The summed E-state index contributed by atoms with van der Waals surface area (Å²) in [7, 11) is 0. The molecule has 0 aromatic carbocycles. The van der Waals surface area contributed by atoms with Gasteiger partial charge in [-0.1, -0.05) is 6.92 Å². The zero-order valence-electron chi connectivity index (χ0n) is 7.07. The van der Waals surface area contributed by atoms with Crippen molar-refractivity contribution in [3.8, 4) is 6.07 Å². The smallest absolute Gasteiger partial charge is 0.121 e. The fourth-order valence-electron chi connectivity index (χ4n) is 1.02. The lowest BCUT2D eigenvalue weighted by atomic mass is 10.2. The van der Waals surface area contributed by atoms with Crippen LogP contribution in [0, 0.1) is 11.3 Å². The highest BCUT2D eigenvalue weighted by Gasteiger charge is 2.06. The standard InChI is InChI=1S/C8H12N4/c1-2-8(4-10)12-5-7(3-9)11-6-12/h5-6,8H,2-3,9H2,1H3. The molecular weight excluding hydrogens is 152 g/mol. The summed E-state index contributed by atoms with van der Waals surface area (Å²) >= 11 is 0. The normalized spacial score (nSPS) is 12.4. The molecule has 0 spiro atoms. The van der Waals surface area contributed by atoms with Crippen LogP contribution in [0.3, 0.4) is 0 Å². The molecule has 64 valence electrons. The third kappa shape index (κ3) is 1.63. The van der Waals surface area contributed by atoms with Gasteiger partial charge in [0.2, 0.25) is 0 Å². The molecule has 2 N–H and O–H groups in total. The first kappa shape index (κ1) is 8.75. The molecule has 12 heavy (non-hydrogen) atoms. The van der Waals surface area contributed by atoms with Crippen LogP contribution in [-0.4, -0.2) is 9.55 Å². The Bertz CT molecular complexity index is 283. The van der Waals surface area contributed by atoms with Gasteiger partial charge < -0.3 is 10.3 Å². The van der Waals surface area contributed by atoms with Crippen LogP contribution in [0.2, 0.25) is 0 Å². The van der Waals surface area contributed by atoms with Crippen molar-refractivity contribution in [1.29, 1.82) is 5.26 Å². The zero-order valence-corrected chi connectivity index (χ0v) is 7.07. The fourth-order valence-corrected chi connectivity index (χ4v) is 1.02. The van der Waals surface area contributed by atoms with E-state index in [2.05, 4.69) is 11.1 Å². The molecule has 1 aromatic heterocycles. The van der Waals surface area contributed by atoms with E-state index in [1.165, 1.54) is 0 Å². The SMILES string of the molecule is CCC(C#N)n1cnc(CN)c1. The molecule has 1 aromatic rings. The summed E-state index contributed by atoms with van der Waals surface area (Å²) in [5, 5.41) is 8.73. The maximum Gasteiger partial charge on any atom is 0.121 e. The summed E-state index contributed by atoms with van der Waals surface area (Å²) in [6, 6.07) is 2.07. The van der Waals surface area contributed by atoms with E-state index in [-0.39, 0.29) is 6.04 Å². The van der Waals surface area contributed by atoms with E-state index in [0.717, 1.165) is 12.1 Å². The van der Waals surface area contributed by atoms with Crippen molar-refractivity contribution in [3.63, 3.8) is 0 Å².